The number of benzene rings is 1. The maximum absolute atomic E-state index is 14.9. The minimum absolute atomic E-state index is 0.00433. The number of rotatable bonds is 11. The molecule has 1 aliphatic carbocycles. The Balaban J connectivity index is 1.10. The van der Waals surface area contributed by atoms with Crippen LogP contribution in [0.25, 0.3) is 20.8 Å². The van der Waals surface area contributed by atoms with Crippen LogP contribution in [-0.4, -0.2) is 69.4 Å². The summed E-state index contributed by atoms with van der Waals surface area (Å²) in [5, 5.41) is 9.00. The van der Waals surface area contributed by atoms with Crippen molar-refractivity contribution in [3.63, 3.8) is 0 Å². The molecule has 1 aliphatic heterocycles. The first-order chi connectivity index (χ1) is 20.4. The second-order valence-electron chi connectivity index (χ2n) is 11.0. The molecule has 3 aromatic heterocycles. The molecule has 2 fully saturated rings. The van der Waals surface area contributed by atoms with Crippen LogP contribution in [0.4, 0.5) is 4.39 Å². The number of fused-ring (bicyclic) bond motifs is 1. The predicted octanol–water partition coefficient (Wildman–Crippen LogP) is 5.23. The molecular weight excluding hydrogens is 555 g/mol. The molecule has 8 nitrogen and oxygen atoms in total. The lowest BCUT2D eigenvalue weighted by Crippen LogP contribution is -2.48. The van der Waals surface area contributed by atoms with Crippen molar-refractivity contribution in [3.05, 3.63) is 71.8 Å². The molecule has 1 saturated carbocycles. The van der Waals surface area contributed by atoms with E-state index in [1.807, 2.05) is 23.2 Å². The number of carbonyl (C=O) groups is 2. The Labute approximate surface area is 247 Å². The lowest BCUT2D eigenvalue weighted by molar-refractivity contribution is -0.133. The number of carbonyl (C=O) groups excluding carboxylic acids is 2. The summed E-state index contributed by atoms with van der Waals surface area (Å²) in [6.07, 6.45) is 6.77. The average molecular weight is 589 g/mol. The maximum atomic E-state index is 14.9. The molecule has 0 atom stereocenters. The summed E-state index contributed by atoms with van der Waals surface area (Å²) >= 11 is 1.49. The van der Waals surface area contributed by atoms with Gasteiger partial charge >= 0.3 is 0 Å². The highest BCUT2D eigenvalue weighted by Gasteiger charge is 2.24. The standard InChI is InChI=1S/C32H33FN4O4S/c33-25-17-22(16-24(39)15-21-1-2-21)4-6-28(25)41-29-7-9-34-27-18-30(42-32(27)29)26-5-3-23(19-35-26)20-36-10-12-37(13-11-36)31(40)8-14-38/h3-7,9,17-19,21,38H,1-2,8,10-16,20H2. The van der Waals surface area contributed by atoms with Crippen LogP contribution in [0.5, 0.6) is 11.5 Å². The molecule has 2 aliphatic rings. The summed E-state index contributed by atoms with van der Waals surface area (Å²) in [5.41, 5.74) is 3.31. The predicted molar refractivity (Wildman–Crippen MR) is 159 cm³/mol. The Kier molecular flexibility index (Phi) is 8.55. The fraction of sp³-hybridized carbons (Fsp3) is 0.375. The fourth-order valence-corrected chi connectivity index (χ4v) is 6.29. The SMILES string of the molecule is O=C(Cc1ccc(Oc2ccnc3cc(-c4ccc(CN5CCN(C(=O)CCO)CC5)cn4)sc23)c(F)c1)CC1CC1. The van der Waals surface area contributed by atoms with E-state index in [-0.39, 0.29) is 36.9 Å². The molecule has 42 heavy (non-hydrogen) atoms. The molecule has 4 aromatic rings. The minimum Gasteiger partial charge on any atom is -0.453 e. The normalized spacial score (nSPS) is 15.7. The largest absolute Gasteiger partial charge is 0.453 e. The molecule has 4 heterocycles. The third-order valence-corrected chi connectivity index (χ3v) is 8.90. The van der Waals surface area contributed by atoms with Gasteiger partial charge in [0, 0.05) is 70.4 Å². The quantitative estimate of drug-likeness (QED) is 0.256. The Morgan fingerprint density at radius 2 is 1.81 bits per heavy atom. The smallest absolute Gasteiger partial charge is 0.224 e. The zero-order valence-corrected chi connectivity index (χ0v) is 24.1. The molecule has 1 aromatic carbocycles. The van der Waals surface area contributed by atoms with Gasteiger partial charge in [-0.1, -0.05) is 12.1 Å². The molecule has 0 spiro atoms. The first-order valence-corrected chi connectivity index (χ1v) is 15.2. The number of hydrogen-bond donors (Lipinski definition) is 1. The van der Waals surface area contributed by atoms with Crippen LogP contribution in [0, 0.1) is 11.7 Å². The highest BCUT2D eigenvalue weighted by Crippen LogP contribution is 2.39. The first-order valence-electron chi connectivity index (χ1n) is 14.4. The van der Waals surface area contributed by atoms with Crippen molar-refractivity contribution in [2.45, 2.75) is 38.6 Å². The first kappa shape index (κ1) is 28.4. The number of ketones is 1. The van der Waals surface area contributed by atoms with Gasteiger partial charge in [0.15, 0.2) is 11.6 Å². The lowest BCUT2D eigenvalue weighted by atomic mass is 10.0. The van der Waals surface area contributed by atoms with Gasteiger partial charge in [0.25, 0.3) is 0 Å². The van der Waals surface area contributed by atoms with Gasteiger partial charge in [0.05, 0.1) is 27.4 Å². The van der Waals surface area contributed by atoms with E-state index in [1.54, 1.807) is 24.4 Å². The van der Waals surface area contributed by atoms with E-state index in [0.29, 0.717) is 36.7 Å². The van der Waals surface area contributed by atoms with Crippen molar-refractivity contribution in [1.29, 1.82) is 0 Å². The van der Waals surface area contributed by atoms with E-state index in [4.69, 9.17) is 14.8 Å². The van der Waals surface area contributed by atoms with Crippen LogP contribution in [0.2, 0.25) is 0 Å². The monoisotopic (exact) mass is 588 g/mol. The van der Waals surface area contributed by atoms with Crippen molar-refractivity contribution in [1.82, 2.24) is 19.8 Å². The topological polar surface area (TPSA) is 95.9 Å². The Bertz CT molecular complexity index is 1580. The van der Waals surface area contributed by atoms with Crippen LogP contribution in [-0.2, 0) is 22.6 Å². The van der Waals surface area contributed by atoms with Gasteiger partial charge in [-0.15, -0.1) is 11.3 Å². The number of amides is 1. The van der Waals surface area contributed by atoms with E-state index < -0.39 is 5.82 Å². The van der Waals surface area contributed by atoms with Crippen LogP contribution >= 0.6 is 11.3 Å². The number of pyridine rings is 2. The van der Waals surface area contributed by atoms with Crippen LogP contribution in [0.1, 0.15) is 36.8 Å². The summed E-state index contributed by atoms with van der Waals surface area (Å²) in [7, 11) is 0. The molecule has 6 rings (SSSR count). The van der Waals surface area contributed by atoms with Crippen LogP contribution < -0.4 is 4.74 Å². The number of halogens is 1. The third kappa shape index (κ3) is 6.83. The molecule has 10 heteroatoms. The summed E-state index contributed by atoms with van der Waals surface area (Å²) in [6.45, 7) is 3.53. The Morgan fingerprint density at radius 3 is 2.52 bits per heavy atom. The van der Waals surface area contributed by atoms with Crippen LogP contribution in [0.3, 0.4) is 0 Å². The number of aromatic nitrogens is 2. The highest BCUT2D eigenvalue weighted by molar-refractivity contribution is 7.22. The number of ether oxygens (including phenoxy) is 1. The van der Waals surface area contributed by atoms with E-state index in [1.165, 1.54) is 17.4 Å². The van der Waals surface area contributed by atoms with Crippen molar-refractivity contribution in [3.8, 4) is 22.1 Å². The molecule has 0 radical (unpaired) electrons. The number of aliphatic hydroxyl groups excluding tert-OH is 1. The van der Waals surface area contributed by atoms with E-state index in [2.05, 4.69) is 16.0 Å². The molecular formula is C32H33FN4O4S. The van der Waals surface area contributed by atoms with Crippen molar-refractivity contribution in [2.75, 3.05) is 32.8 Å². The number of piperazine rings is 1. The minimum atomic E-state index is -0.496. The van der Waals surface area contributed by atoms with Gasteiger partial charge < -0.3 is 14.7 Å². The second kappa shape index (κ2) is 12.6. The van der Waals surface area contributed by atoms with E-state index in [0.717, 1.165) is 58.8 Å². The summed E-state index contributed by atoms with van der Waals surface area (Å²) in [6, 6.07) is 12.5. The van der Waals surface area contributed by atoms with Crippen molar-refractivity contribution >= 4 is 33.2 Å². The van der Waals surface area contributed by atoms with Crippen molar-refractivity contribution in [2.24, 2.45) is 5.92 Å². The second-order valence-corrected chi connectivity index (χ2v) is 12.1. The number of Topliss-reactive ketones (excluding diaryl/α,β-unsaturated/α-hetero) is 1. The molecule has 0 bridgehead atoms. The van der Waals surface area contributed by atoms with Crippen LogP contribution in [0.15, 0.2) is 54.9 Å². The average Bonchev–Trinajstić information content (AvgIpc) is 3.69. The molecule has 1 amide bonds. The van der Waals surface area contributed by atoms with Gasteiger partial charge in [-0.3, -0.25) is 24.5 Å². The summed E-state index contributed by atoms with van der Waals surface area (Å²) < 4.78 is 21.7. The van der Waals surface area contributed by atoms with E-state index in [9.17, 15) is 14.0 Å². The number of aliphatic hydroxyl groups is 1. The van der Waals surface area contributed by atoms with Gasteiger partial charge in [-0.2, -0.15) is 0 Å². The number of nitrogens with zero attached hydrogens (tertiary/aromatic N) is 4. The highest BCUT2D eigenvalue weighted by atomic mass is 32.1. The molecule has 1 saturated heterocycles. The van der Waals surface area contributed by atoms with Crippen molar-refractivity contribution < 1.29 is 23.8 Å². The summed E-state index contributed by atoms with van der Waals surface area (Å²) in [4.78, 5) is 38.4. The van der Waals surface area contributed by atoms with Gasteiger partial charge in [-0.05, 0) is 54.2 Å². The fourth-order valence-electron chi connectivity index (χ4n) is 5.25. The van der Waals surface area contributed by atoms with Gasteiger partial charge in [0.2, 0.25) is 5.91 Å². The maximum Gasteiger partial charge on any atom is 0.224 e. The summed E-state index contributed by atoms with van der Waals surface area (Å²) in [5.74, 6) is 0.804. The Morgan fingerprint density at radius 1 is 1.00 bits per heavy atom. The molecule has 0 unspecified atom stereocenters. The lowest BCUT2D eigenvalue weighted by Gasteiger charge is -2.34. The van der Waals surface area contributed by atoms with Gasteiger partial charge in [0.1, 0.15) is 11.5 Å². The zero-order chi connectivity index (χ0) is 29.1. The molecule has 218 valence electrons. The number of hydrogen-bond acceptors (Lipinski definition) is 8. The zero-order valence-electron chi connectivity index (χ0n) is 23.3. The van der Waals surface area contributed by atoms with Gasteiger partial charge in [-0.25, -0.2) is 4.39 Å². The molecule has 1 N–H and O–H groups in total. The Hall–Kier alpha value is -3.73. The number of thiophene rings is 1. The third-order valence-electron chi connectivity index (χ3n) is 7.74. The van der Waals surface area contributed by atoms with E-state index >= 15 is 0 Å².